The summed E-state index contributed by atoms with van der Waals surface area (Å²) in [7, 11) is 0. The van der Waals surface area contributed by atoms with Crippen molar-refractivity contribution in [3.63, 3.8) is 0 Å². The van der Waals surface area contributed by atoms with Crippen LogP contribution in [-0.4, -0.2) is 0 Å². The molecule has 0 amide bonds. The van der Waals surface area contributed by atoms with Crippen molar-refractivity contribution in [2.24, 2.45) is 0 Å². The zero-order chi connectivity index (χ0) is 14.9. The summed E-state index contributed by atoms with van der Waals surface area (Å²) in [4.78, 5) is 0. The van der Waals surface area contributed by atoms with Crippen LogP contribution in [0.15, 0.2) is 28.7 Å². The van der Waals surface area contributed by atoms with Gasteiger partial charge in [-0.2, -0.15) is 0 Å². The molecular weight excluding hydrogens is 441 g/mol. The second-order valence-corrected chi connectivity index (χ2v) is 6.05. The van der Waals surface area contributed by atoms with Crippen molar-refractivity contribution in [3.8, 4) is 11.5 Å². The highest BCUT2D eigenvalue weighted by Crippen LogP contribution is 2.39. The summed E-state index contributed by atoms with van der Waals surface area (Å²) in [6.45, 7) is 0. The van der Waals surface area contributed by atoms with Gasteiger partial charge in [0.2, 0.25) is 0 Å². The van der Waals surface area contributed by atoms with Crippen molar-refractivity contribution in [3.05, 3.63) is 56.0 Å². The van der Waals surface area contributed by atoms with Crippen molar-refractivity contribution < 1.29 is 13.5 Å². The maximum atomic E-state index is 14.2. The third-order valence-electron chi connectivity index (χ3n) is 2.44. The van der Waals surface area contributed by atoms with Crippen LogP contribution < -0.4 is 4.74 Å². The average Bonchev–Trinajstić information content (AvgIpc) is 2.40. The summed E-state index contributed by atoms with van der Waals surface area (Å²) in [5.41, 5.74) is 0.371. The lowest BCUT2D eigenvalue weighted by Crippen LogP contribution is -1.95. The van der Waals surface area contributed by atoms with Crippen molar-refractivity contribution in [1.29, 1.82) is 0 Å². The molecule has 0 radical (unpaired) electrons. The third kappa shape index (κ3) is 3.27. The Morgan fingerprint density at radius 2 is 1.85 bits per heavy atom. The number of hydrogen-bond donors (Lipinski definition) is 0. The largest absolute Gasteiger partial charge is 0.451 e. The van der Waals surface area contributed by atoms with Crippen LogP contribution >= 0.6 is 55.1 Å². The van der Waals surface area contributed by atoms with E-state index < -0.39 is 11.6 Å². The topological polar surface area (TPSA) is 9.23 Å². The first kappa shape index (κ1) is 16.0. The second-order valence-electron chi connectivity index (χ2n) is 3.79. The van der Waals surface area contributed by atoms with Gasteiger partial charge in [0.1, 0.15) is 16.6 Å². The number of halogens is 6. The van der Waals surface area contributed by atoms with E-state index in [2.05, 4.69) is 31.9 Å². The normalized spacial score (nSPS) is 10.7. The van der Waals surface area contributed by atoms with E-state index in [1.165, 1.54) is 24.3 Å². The average molecular weight is 447 g/mol. The SMILES string of the molecule is Fc1cc(Br)cc(Oc2c(Cl)ccc(CBr)c2F)c1Cl. The van der Waals surface area contributed by atoms with Gasteiger partial charge < -0.3 is 4.74 Å². The van der Waals surface area contributed by atoms with Gasteiger partial charge in [-0.25, -0.2) is 8.78 Å². The lowest BCUT2D eigenvalue weighted by molar-refractivity contribution is 0.436. The zero-order valence-electron chi connectivity index (χ0n) is 9.69. The monoisotopic (exact) mass is 444 g/mol. The molecule has 0 saturated heterocycles. The Morgan fingerprint density at radius 1 is 1.15 bits per heavy atom. The first-order valence-corrected chi connectivity index (χ1v) is 7.96. The summed E-state index contributed by atoms with van der Waals surface area (Å²) in [5, 5.41) is 0.129. The molecule has 0 atom stereocenters. The molecule has 0 saturated carbocycles. The summed E-state index contributed by atoms with van der Waals surface area (Å²) < 4.78 is 33.4. The first-order chi connectivity index (χ1) is 9.43. The van der Waals surface area contributed by atoms with E-state index in [1.807, 2.05) is 0 Å². The Balaban J connectivity index is 2.50. The van der Waals surface area contributed by atoms with Gasteiger partial charge in [-0.3, -0.25) is 0 Å². The van der Waals surface area contributed by atoms with Crippen LogP contribution in [-0.2, 0) is 5.33 Å². The molecule has 0 aliphatic rings. The van der Waals surface area contributed by atoms with Crippen LogP contribution in [0.5, 0.6) is 11.5 Å². The Bertz CT molecular complexity index is 665. The molecular formula is C13H6Br2Cl2F2O. The predicted molar refractivity (Wildman–Crippen MR) is 83.2 cm³/mol. The Labute approximate surface area is 141 Å². The molecule has 0 unspecified atom stereocenters. The van der Waals surface area contributed by atoms with Gasteiger partial charge >= 0.3 is 0 Å². The molecule has 2 aromatic rings. The fourth-order valence-corrected chi connectivity index (χ4v) is 2.66. The molecule has 0 heterocycles. The van der Waals surface area contributed by atoms with Crippen LogP contribution in [0.4, 0.5) is 8.78 Å². The minimum atomic E-state index is -0.677. The fourth-order valence-electron chi connectivity index (χ4n) is 1.49. The Morgan fingerprint density at radius 3 is 2.50 bits per heavy atom. The maximum absolute atomic E-state index is 14.2. The van der Waals surface area contributed by atoms with Crippen molar-refractivity contribution in [2.45, 2.75) is 5.33 Å². The number of alkyl halides is 1. The van der Waals surface area contributed by atoms with Crippen LogP contribution in [0.25, 0.3) is 0 Å². The van der Waals surface area contributed by atoms with Gasteiger partial charge in [0.05, 0.1) is 5.02 Å². The van der Waals surface area contributed by atoms with Gasteiger partial charge in [-0.05, 0) is 18.2 Å². The van der Waals surface area contributed by atoms with E-state index in [9.17, 15) is 8.78 Å². The van der Waals surface area contributed by atoms with E-state index in [4.69, 9.17) is 27.9 Å². The van der Waals surface area contributed by atoms with Crippen LogP contribution in [0.2, 0.25) is 10.0 Å². The Kier molecular flexibility index (Phi) is 5.29. The molecule has 0 bridgehead atoms. The third-order valence-corrected chi connectivity index (χ3v) is 4.17. The molecule has 7 heteroatoms. The molecule has 1 nitrogen and oxygen atoms in total. The summed E-state index contributed by atoms with van der Waals surface area (Å²) in [6, 6.07) is 5.64. The molecule has 0 fully saturated rings. The molecule has 0 N–H and O–H groups in total. The van der Waals surface area contributed by atoms with Crippen molar-refractivity contribution in [2.75, 3.05) is 0 Å². The molecule has 2 rings (SSSR count). The second kappa shape index (κ2) is 6.60. The number of hydrogen-bond acceptors (Lipinski definition) is 1. The van der Waals surface area contributed by atoms with E-state index in [-0.39, 0.29) is 21.5 Å². The molecule has 0 spiro atoms. The molecule has 0 aromatic heterocycles. The minimum Gasteiger partial charge on any atom is -0.451 e. The Hall–Kier alpha value is -0.360. The van der Waals surface area contributed by atoms with Gasteiger partial charge in [0.15, 0.2) is 11.6 Å². The van der Waals surface area contributed by atoms with Crippen molar-refractivity contribution >= 4 is 55.1 Å². The lowest BCUT2D eigenvalue weighted by atomic mass is 10.2. The zero-order valence-corrected chi connectivity index (χ0v) is 14.4. The molecule has 0 aliphatic heterocycles. The molecule has 0 aliphatic carbocycles. The van der Waals surface area contributed by atoms with E-state index in [1.54, 1.807) is 0 Å². The van der Waals surface area contributed by atoms with Gasteiger partial charge in [0.25, 0.3) is 0 Å². The van der Waals surface area contributed by atoms with Crippen LogP contribution in [0.3, 0.4) is 0 Å². The predicted octanol–water partition coefficient (Wildman–Crippen LogP) is 6.72. The summed E-state index contributed by atoms with van der Waals surface area (Å²) >= 11 is 18.0. The lowest BCUT2D eigenvalue weighted by Gasteiger charge is -2.12. The van der Waals surface area contributed by atoms with Gasteiger partial charge in [-0.15, -0.1) is 0 Å². The standard InChI is InChI=1S/C13H6Br2Cl2F2O/c14-5-6-1-2-8(16)13(12(6)19)20-10-4-7(15)3-9(18)11(10)17/h1-4H,5H2. The molecule has 106 valence electrons. The van der Waals surface area contributed by atoms with Gasteiger partial charge in [0, 0.05) is 15.4 Å². The smallest absolute Gasteiger partial charge is 0.182 e. The highest BCUT2D eigenvalue weighted by molar-refractivity contribution is 9.10. The van der Waals surface area contributed by atoms with Gasteiger partial charge in [-0.1, -0.05) is 61.1 Å². The van der Waals surface area contributed by atoms with E-state index >= 15 is 0 Å². The number of benzene rings is 2. The van der Waals surface area contributed by atoms with Crippen LogP contribution in [0.1, 0.15) is 5.56 Å². The summed E-state index contributed by atoms with van der Waals surface area (Å²) in [5.74, 6) is -1.51. The quantitative estimate of drug-likeness (QED) is 0.375. The van der Waals surface area contributed by atoms with Crippen molar-refractivity contribution in [1.82, 2.24) is 0 Å². The molecule has 20 heavy (non-hydrogen) atoms. The highest BCUT2D eigenvalue weighted by atomic mass is 79.9. The van der Waals surface area contributed by atoms with E-state index in [0.29, 0.717) is 15.4 Å². The number of rotatable bonds is 3. The fraction of sp³-hybridized carbons (Fsp3) is 0.0769. The number of ether oxygens (including phenoxy) is 1. The first-order valence-electron chi connectivity index (χ1n) is 5.29. The summed E-state index contributed by atoms with van der Waals surface area (Å²) in [6.07, 6.45) is 0. The highest BCUT2D eigenvalue weighted by Gasteiger charge is 2.17. The molecule has 2 aromatic carbocycles. The minimum absolute atomic E-state index is 0.0222. The van der Waals surface area contributed by atoms with Crippen LogP contribution in [0, 0.1) is 11.6 Å². The van der Waals surface area contributed by atoms with E-state index in [0.717, 1.165) is 0 Å². The maximum Gasteiger partial charge on any atom is 0.182 e.